The van der Waals surface area contributed by atoms with Crippen LogP contribution in [0.1, 0.15) is 47.2 Å². The molecule has 2 rings (SSSR count). The van der Waals surface area contributed by atoms with Gasteiger partial charge >= 0.3 is 0 Å². The van der Waals surface area contributed by atoms with Crippen LogP contribution in [-0.2, 0) is 16.1 Å². The molecule has 0 spiro atoms. The van der Waals surface area contributed by atoms with Crippen LogP contribution in [0, 0.1) is 0 Å². The average Bonchev–Trinajstić information content (AvgIpc) is 3.23. The van der Waals surface area contributed by atoms with E-state index in [2.05, 4.69) is 9.68 Å². The first-order chi connectivity index (χ1) is 12.4. The summed E-state index contributed by atoms with van der Waals surface area (Å²) in [6.45, 7) is 14.6. The van der Waals surface area contributed by atoms with Gasteiger partial charge in [-0.3, -0.25) is 0 Å². The standard InChI is InChI=1S/C14H17NO4.3C2H6/c1-2-4-14(5-3-1)18-11-10-16-8-9-17-12-13-6-7-19-15-13;3*1-2/h1-7H,8-12H2;3*1-2H3. The minimum absolute atomic E-state index is 0.445. The Bertz CT molecular complexity index is 432. The van der Waals surface area contributed by atoms with Gasteiger partial charge in [0.25, 0.3) is 0 Å². The van der Waals surface area contributed by atoms with E-state index in [-0.39, 0.29) is 0 Å². The highest BCUT2D eigenvalue weighted by molar-refractivity contribution is 5.20. The molecule has 0 N–H and O–H groups in total. The monoisotopic (exact) mass is 353 g/mol. The van der Waals surface area contributed by atoms with E-state index >= 15 is 0 Å². The van der Waals surface area contributed by atoms with Crippen molar-refractivity contribution in [1.82, 2.24) is 5.16 Å². The third-order valence-electron chi connectivity index (χ3n) is 2.35. The van der Waals surface area contributed by atoms with Gasteiger partial charge in [0.2, 0.25) is 0 Å². The molecule has 0 saturated carbocycles. The van der Waals surface area contributed by atoms with Gasteiger partial charge in [-0.15, -0.1) is 0 Å². The van der Waals surface area contributed by atoms with Crippen LogP contribution >= 0.6 is 0 Å². The molecule has 0 radical (unpaired) electrons. The van der Waals surface area contributed by atoms with E-state index in [9.17, 15) is 0 Å². The first-order valence-electron chi connectivity index (χ1n) is 9.18. The van der Waals surface area contributed by atoms with Crippen molar-refractivity contribution in [2.45, 2.75) is 48.1 Å². The lowest BCUT2D eigenvalue weighted by atomic mass is 10.3. The number of para-hydroxylation sites is 1. The number of benzene rings is 1. The first kappa shape index (κ1) is 25.4. The van der Waals surface area contributed by atoms with Gasteiger partial charge in [-0.05, 0) is 12.1 Å². The van der Waals surface area contributed by atoms with E-state index in [1.165, 1.54) is 6.26 Å². The van der Waals surface area contributed by atoms with Crippen molar-refractivity contribution in [3.8, 4) is 5.75 Å². The molecule has 144 valence electrons. The summed E-state index contributed by atoms with van der Waals surface area (Å²) in [6.07, 6.45) is 1.52. The third-order valence-corrected chi connectivity index (χ3v) is 2.35. The van der Waals surface area contributed by atoms with Gasteiger partial charge < -0.3 is 18.7 Å². The van der Waals surface area contributed by atoms with Crippen LogP contribution in [0.2, 0.25) is 0 Å². The Kier molecular flexibility index (Phi) is 22.5. The third kappa shape index (κ3) is 15.4. The Balaban J connectivity index is 0. The van der Waals surface area contributed by atoms with Crippen LogP contribution in [0.25, 0.3) is 0 Å². The molecule has 0 aliphatic heterocycles. The van der Waals surface area contributed by atoms with Crippen LogP contribution in [-0.4, -0.2) is 31.6 Å². The van der Waals surface area contributed by atoms with Gasteiger partial charge in [-0.25, -0.2) is 0 Å². The van der Waals surface area contributed by atoms with Crippen LogP contribution in [0.5, 0.6) is 5.75 Å². The van der Waals surface area contributed by atoms with Crippen molar-refractivity contribution in [3.05, 3.63) is 48.4 Å². The smallest absolute Gasteiger partial charge is 0.124 e. The summed E-state index contributed by atoms with van der Waals surface area (Å²) >= 11 is 0. The maximum absolute atomic E-state index is 5.48. The highest BCUT2D eigenvalue weighted by Gasteiger charge is 1.96. The van der Waals surface area contributed by atoms with Crippen LogP contribution in [0.3, 0.4) is 0 Å². The van der Waals surface area contributed by atoms with Crippen molar-refractivity contribution in [2.75, 3.05) is 26.4 Å². The maximum Gasteiger partial charge on any atom is 0.124 e. The van der Waals surface area contributed by atoms with E-state index in [0.717, 1.165) is 11.4 Å². The molecule has 1 aromatic heterocycles. The number of rotatable bonds is 9. The fourth-order valence-corrected chi connectivity index (χ4v) is 1.44. The molecule has 0 unspecified atom stereocenters. The molecule has 5 nitrogen and oxygen atoms in total. The largest absolute Gasteiger partial charge is 0.491 e. The van der Waals surface area contributed by atoms with Crippen molar-refractivity contribution in [3.63, 3.8) is 0 Å². The lowest BCUT2D eigenvalue weighted by Crippen LogP contribution is -2.10. The molecule has 5 heteroatoms. The molecule has 0 bridgehead atoms. The van der Waals surface area contributed by atoms with Gasteiger partial charge in [-0.2, -0.15) is 0 Å². The Morgan fingerprint density at radius 2 is 1.36 bits per heavy atom. The molecule has 1 heterocycles. The summed E-state index contributed by atoms with van der Waals surface area (Å²) in [5, 5.41) is 3.74. The topological polar surface area (TPSA) is 53.7 Å². The predicted octanol–water partition coefficient (Wildman–Crippen LogP) is 5.37. The van der Waals surface area contributed by atoms with Gasteiger partial charge in [0.05, 0.1) is 26.4 Å². The maximum atomic E-state index is 5.48. The van der Waals surface area contributed by atoms with Crippen LogP contribution in [0.4, 0.5) is 0 Å². The molecule has 0 saturated heterocycles. The van der Waals surface area contributed by atoms with Gasteiger partial charge in [0.1, 0.15) is 24.3 Å². The second kappa shape index (κ2) is 22.1. The van der Waals surface area contributed by atoms with Gasteiger partial charge in [0.15, 0.2) is 0 Å². The molecule has 2 aromatic rings. The second-order valence-corrected chi connectivity index (χ2v) is 3.82. The highest BCUT2D eigenvalue weighted by atomic mass is 16.5. The van der Waals surface area contributed by atoms with Gasteiger partial charge in [0, 0.05) is 6.07 Å². The summed E-state index contributed by atoms with van der Waals surface area (Å²) in [6, 6.07) is 11.4. The summed E-state index contributed by atoms with van der Waals surface area (Å²) in [5.74, 6) is 0.855. The normalized spacial score (nSPS) is 8.72. The first-order valence-corrected chi connectivity index (χ1v) is 9.18. The van der Waals surface area contributed by atoms with Crippen molar-refractivity contribution >= 4 is 0 Å². The molecule has 25 heavy (non-hydrogen) atoms. The number of hydrogen-bond acceptors (Lipinski definition) is 5. The molecule has 0 aliphatic carbocycles. The zero-order valence-electron chi connectivity index (χ0n) is 16.7. The Morgan fingerprint density at radius 1 is 0.760 bits per heavy atom. The summed E-state index contributed by atoms with van der Waals surface area (Å²) < 4.78 is 20.9. The zero-order valence-corrected chi connectivity index (χ0v) is 16.7. The zero-order chi connectivity index (χ0) is 19.2. The molecule has 0 amide bonds. The summed E-state index contributed by atoms with van der Waals surface area (Å²) in [5.41, 5.74) is 0.785. The lowest BCUT2D eigenvalue weighted by Gasteiger charge is -2.07. The number of ether oxygens (including phenoxy) is 3. The minimum atomic E-state index is 0.445. The van der Waals surface area contributed by atoms with Gasteiger partial charge in [-0.1, -0.05) is 64.9 Å². The SMILES string of the molecule is CC.CC.CC.c1ccc(OCCOCCOCc2ccon2)cc1. The Morgan fingerprint density at radius 3 is 1.96 bits per heavy atom. The van der Waals surface area contributed by atoms with Crippen LogP contribution in [0.15, 0.2) is 47.2 Å². The predicted molar refractivity (Wildman–Crippen MR) is 103 cm³/mol. The van der Waals surface area contributed by atoms with Crippen molar-refractivity contribution in [2.24, 2.45) is 0 Å². The molecule has 0 fully saturated rings. The van der Waals surface area contributed by atoms with E-state index < -0.39 is 0 Å². The van der Waals surface area contributed by atoms with E-state index in [1.807, 2.05) is 71.9 Å². The number of aromatic nitrogens is 1. The van der Waals surface area contributed by atoms with Crippen molar-refractivity contribution < 1.29 is 18.7 Å². The second-order valence-electron chi connectivity index (χ2n) is 3.82. The Hall–Kier alpha value is -1.85. The van der Waals surface area contributed by atoms with E-state index in [4.69, 9.17) is 14.2 Å². The van der Waals surface area contributed by atoms with E-state index in [0.29, 0.717) is 33.0 Å². The number of nitrogens with zero attached hydrogens (tertiary/aromatic N) is 1. The molecular weight excluding hydrogens is 318 g/mol. The summed E-state index contributed by atoms with van der Waals surface area (Å²) in [7, 11) is 0. The fraction of sp³-hybridized carbons (Fsp3) is 0.550. The van der Waals surface area contributed by atoms with Crippen molar-refractivity contribution in [1.29, 1.82) is 0 Å². The Labute approximate surface area is 153 Å². The molecule has 1 aromatic carbocycles. The lowest BCUT2D eigenvalue weighted by molar-refractivity contribution is 0.0288. The average molecular weight is 354 g/mol. The minimum Gasteiger partial charge on any atom is -0.491 e. The quantitative estimate of drug-likeness (QED) is 0.568. The number of hydrogen-bond donors (Lipinski definition) is 0. The van der Waals surface area contributed by atoms with E-state index in [1.54, 1.807) is 6.07 Å². The fourth-order valence-electron chi connectivity index (χ4n) is 1.44. The molecule has 0 atom stereocenters. The summed E-state index contributed by atoms with van der Waals surface area (Å²) in [4.78, 5) is 0. The molecule has 0 aliphatic rings. The molecular formula is C20H35NO4. The van der Waals surface area contributed by atoms with Crippen LogP contribution < -0.4 is 4.74 Å². The highest BCUT2D eigenvalue weighted by Crippen LogP contribution is 2.07.